The van der Waals surface area contributed by atoms with Gasteiger partial charge >= 0.3 is 6.18 Å². The van der Waals surface area contributed by atoms with Gasteiger partial charge in [-0.2, -0.15) is 18.3 Å². The zero-order valence-corrected chi connectivity index (χ0v) is 15.3. The average molecular weight is 408 g/mol. The van der Waals surface area contributed by atoms with E-state index in [0.717, 1.165) is 10.4 Å². The molecule has 7 nitrogen and oxygen atoms in total. The number of hydrogen-bond acceptors (Lipinski definition) is 4. The van der Waals surface area contributed by atoms with Crippen LogP contribution >= 0.6 is 0 Å². The standard InChI is InChI=1S/C18H16F4N6O/c1-11-24-17(18(20,21)22)25-27(11)10-16(29)26-8-2-3-14-15(26)9-23-28(14)13-6-4-12(19)5-7-13/h4-7,9H,2-3,8,10H2,1H3. The van der Waals surface area contributed by atoms with Crippen LogP contribution in [0.25, 0.3) is 5.69 Å². The van der Waals surface area contributed by atoms with Crippen molar-refractivity contribution >= 4 is 11.6 Å². The second kappa shape index (κ2) is 6.98. The lowest BCUT2D eigenvalue weighted by atomic mass is 10.1. The second-order valence-electron chi connectivity index (χ2n) is 6.65. The molecule has 0 unspecified atom stereocenters. The Morgan fingerprint density at radius 2 is 1.93 bits per heavy atom. The quantitative estimate of drug-likeness (QED) is 0.625. The monoisotopic (exact) mass is 408 g/mol. The molecule has 0 bridgehead atoms. The van der Waals surface area contributed by atoms with E-state index in [4.69, 9.17) is 0 Å². The first kappa shape index (κ1) is 19.1. The number of fused-ring (bicyclic) bond motifs is 1. The molecule has 1 amide bonds. The smallest absolute Gasteiger partial charge is 0.308 e. The summed E-state index contributed by atoms with van der Waals surface area (Å²) in [5.74, 6) is -2.05. The molecular weight excluding hydrogens is 392 g/mol. The van der Waals surface area contributed by atoms with Gasteiger partial charge in [0.05, 0.1) is 23.3 Å². The maximum atomic E-state index is 13.2. The number of halogens is 4. The van der Waals surface area contributed by atoms with Gasteiger partial charge in [0.1, 0.15) is 18.2 Å². The van der Waals surface area contributed by atoms with Gasteiger partial charge in [-0.15, -0.1) is 5.10 Å². The number of amides is 1. The summed E-state index contributed by atoms with van der Waals surface area (Å²) in [5.41, 5.74) is 2.02. The Hall–Kier alpha value is -3.24. The molecule has 2 aromatic heterocycles. The van der Waals surface area contributed by atoms with Gasteiger partial charge in [0.25, 0.3) is 5.82 Å². The topological polar surface area (TPSA) is 68.8 Å². The van der Waals surface area contributed by atoms with E-state index in [-0.39, 0.29) is 18.2 Å². The molecule has 29 heavy (non-hydrogen) atoms. The van der Waals surface area contributed by atoms with Crippen LogP contribution in [0.4, 0.5) is 23.2 Å². The first-order valence-corrected chi connectivity index (χ1v) is 8.86. The summed E-state index contributed by atoms with van der Waals surface area (Å²) in [6, 6.07) is 5.81. The fraction of sp³-hybridized carbons (Fsp3) is 0.333. The van der Waals surface area contributed by atoms with Gasteiger partial charge in [0.2, 0.25) is 5.91 Å². The molecule has 0 saturated heterocycles. The van der Waals surface area contributed by atoms with Crippen molar-refractivity contribution in [2.24, 2.45) is 0 Å². The van der Waals surface area contributed by atoms with Crippen LogP contribution in [-0.4, -0.2) is 37.0 Å². The zero-order valence-electron chi connectivity index (χ0n) is 15.3. The van der Waals surface area contributed by atoms with Gasteiger partial charge in [-0.25, -0.2) is 18.7 Å². The highest BCUT2D eigenvalue weighted by Crippen LogP contribution is 2.30. The van der Waals surface area contributed by atoms with Crippen LogP contribution < -0.4 is 4.90 Å². The van der Waals surface area contributed by atoms with Crippen molar-refractivity contribution in [2.45, 2.75) is 32.5 Å². The van der Waals surface area contributed by atoms with Crippen LogP contribution in [0.2, 0.25) is 0 Å². The molecule has 1 aliphatic rings. The number of carbonyl (C=O) groups excluding carboxylic acids is 1. The molecule has 3 aromatic rings. The van der Waals surface area contributed by atoms with Gasteiger partial charge in [0, 0.05) is 6.54 Å². The molecular formula is C18H16F4N6O. The largest absolute Gasteiger partial charge is 0.453 e. The Morgan fingerprint density at radius 1 is 1.21 bits per heavy atom. The third-order valence-electron chi connectivity index (χ3n) is 4.70. The van der Waals surface area contributed by atoms with E-state index in [9.17, 15) is 22.4 Å². The fourth-order valence-electron chi connectivity index (χ4n) is 3.32. The molecule has 0 saturated carbocycles. The Labute approximate surface area is 162 Å². The Bertz CT molecular complexity index is 1050. The fourth-order valence-corrected chi connectivity index (χ4v) is 3.32. The maximum Gasteiger partial charge on any atom is 0.453 e. The van der Waals surface area contributed by atoms with Crippen molar-refractivity contribution in [3.63, 3.8) is 0 Å². The summed E-state index contributed by atoms with van der Waals surface area (Å²) in [7, 11) is 0. The molecule has 4 rings (SSSR count). The minimum Gasteiger partial charge on any atom is -0.308 e. The molecule has 0 aliphatic carbocycles. The molecule has 11 heteroatoms. The van der Waals surface area contributed by atoms with Gasteiger partial charge in [-0.05, 0) is 44.0 Å². The van der Waals surface area contributed by atoms with Gasteiger partial charge in [-0.1, -0.05) is 0 Å². The van der Waals surface area contributed by atoms with Crippen LogP contribution in [0.5, 0.6) is 0 Å². The van der Waals surface area contributed by atoms with Crippen molar-refractivity contribution in [3.8, 4) is 5.69 Å². The number of anilines is 1. The van der Waals surface area contributed by atoms with Crippen LogP contribution in [0.1, 0.15) is 23.8 Å². The van der Waals surface area contributed by atoms with Crippen LogP contribution in [-0.2, 0) is 23.9 Å². The third-order valence-corrected chi connectivity index (χ3v) is 4.70. The molecule has 0 fully saturated rings. The number of hydrogen-bond donors (Lipinski definition) is 0. The van der Waals surface area contributed by atoms with Gasteiger partial charge < -0.3 is 4.90 Å². The summed E-state index contributed by atoms with van der Waals surface area (Å²) in [4.78, 5) is 17.7. The summed E-state index contributed by atoms with van der Waals surface area (Å²) in [6.45, 7) is 1.42. The number of carbonyl (C=O) groups is 1. The average Bonchev–Trinajstić information content (AvgIpc) is 3.26. The lowest BCUT2D eigenvalue weighted by molar-refractivity contribution is -0.145. The predicted molar refractivity (Wildman–Crippen MR) is 94.0 cm³/mol. The minimum atomic E-state index is -4.67. The van der Waals surface area contributed by atoms with Gasteiger partial charge in [0.15, 0.2) is 0 Å². The van der Waals surface area contributed by atoms with E-state index < -0.39 is 17.9 Å². The summed E-state index contributed by atoms with van der Waals surface area (Å²) in [6.07, 6.45) is -1.81. The lowest BCUT2D eigenvalue weighted by Crippen LogP contribution is -2.38. The van der Waals surface area contributed by atoms with E-state index in [1.807, 2.05) is 0 Å². The van der Waals surface area contributed by atoms with Crippen LogP contribution in [0.15, 0.2) is 30.5 Å². The summed E-state index contributed by atoms with van der Waals surface area (Å²) in [5, 5.41) is 7.72. The number of aryl methyl sites for hydroxylation is 1. The highest BCUT2D eigenvalue weighted by Gasteiger charge is 2.37. The van der Waals surface area contributed by atoms with E-state index in [0.29, 0.717) is 30.8 Å². The number of aromatic nitrogens is 5. The predicted octanol–water partition coefficient (Wildman–Crippen LogP) is 2.91. The van der Waals surface area contributed by atoms with Crippen molar-refractivity contribution in [2.75, 3.05) is 11.4 Å². The van der Waals surface area contributed by atoms with Crippen LogP contribution in [0.3, 0.4) is 0 Å². The normalized spacial score (nSPS) is 14.2. The Balaban J connectivity index is 1.59. The zero-order chi connectivity index (χ0) is 20.8. The lowest BCUT2D eigenvalue weighted by Gasteiger charge is -2.27. The Kier molecular flexibility index (Phi) is 4.59. The maximum absolute atomic E-state index is 13.2. The molecule has 0 radical (unpaired) electrons. The minimum absolute atomic E-state index is 0.00455. The van der Waals surface area contributed by atoms with Crippen molar-refractivity contribution in [3.05, 3.63) is 53.6 Å². The molecule has 0 atom stereocenters. The molecule has 152 valence electrons. The number of nitrogens with zero attached hydrogens (tertiary/aromatic N) is 6. The van der Waals surface area contributed by atoms with E-state index >= 15 is 0 Å². The van der Waals surface area contributed by atoms with Crippen LogP contribution in [0, 0.1) is 12.7 Å². The SMILES string of the molecule is Cc1nc(C(F)(F)F)nn1CC(=O)N1CCCc2c1cnn2-c1ccc(F)cc1. The second-order valence-corrected chi connectivity index (χ2v) is 6.65. The van der Waals surface area contributed by atoms with Crippen molar-refractivity contribution in [1.29, 1.82) is 0 Å². The summed E-state index contributed by atoms with van der Waals surface area (Å²) >= 11 is 0. The molecule has 1 aromatic carbocycles. The van der Waals surface area contributed by atoms with E-state index in [2.05, 4.69) is 15.2 Å². The highest BCUT2D eigenvalue weighted by molar-refractivity contribution is 5.94. The number of alkyl halides is 3. The number of rotatable bonds is 3. The van der Waals surface area contributed by atoms with Crippen molar-refractivity contribution < 1.29 is 22.4 Å². The van der Waals surface area contributed by atoms with E-state index in [1.54, 1.807) is 16.8 Å². The van der Waals surface area contributed by atoms with Crippen molar-refractivity contribution in [1.82, 2.24) is 24.5 Å². The molecule has 1 aliphatic heterocycles. The summed E-state index contributed by atoms with van der Waals surface area (Å²) < 4.78 is 54.1. The Morgan fingerprint density at radius 3 is 2.59 bits per heavy atom. The first-order chi connectivity index (χ1) is 13.7. The highest BCUT2D eigenvalue weighted by atomic mass is 19.4. The van der Waals surface area contributed by atoms with Gasteiger partial charge in [-0.3, -0.25) is 4.79 Å². The molecule has 0 N–H and O–H groups in total. The van der Waals surface area contributed by atoms with E-state index in [1.165, 1.54) is 30.2 Å². The molecule has 3 heterocycles. The number of benzene rings is 1. The molecule has 0 spiro atoms. The third kappa shape index (κ3) is 3.59. The first-order valence-electron chi connectivity index (χ1n) is 8.86.